The Morgan fingerprint density at radius 2 is 2.00 bits per heavy atom. The maximum Gasteiger partial charge on any atom is 0.134 e. The van der Waals surface area contributed by atoms with Crippen molar-refractivity contribution >= 4 is 37.6 Å². The molecule has 0 atom stereocenters. The number of nitrogens with zero attached hydrogens (tertiary/aromatic N) is 1. The van der Waals surface area contributed by atoms with Crippen molar-refractivity contribution in [1.82, 2.24) is 0 Å². The number of phenols is 1. The Morgan fingerprint density at radius 1 is 1.36 bits per heavy atom. The van der Waals surface area contributed by atoms with Crippen molar-refractivity contribution in [3.8, 4) is 5.75 Å². The number of benzene rings is 1. The molecule has 0 unspecified atom stereocenters. The second-order valence-corrected chi connectivity index (χ2v) is 4.93. The molecule has 0 heterocycles. The molecule has 0 spiro atoms. The van der Waals surface area contributed by atoms with Gasteiger partial charge in [-0.25, -0.2) is 0 Å². The first-order valence-electron chi connectivity index (χ1n) is 4.15. The molecule has 1 rings (SSSR count). The molecular formula is C10H11Br2NO. The molecule has 76 valence electrons. The SMILES string of the molecule is CC(C)=NCc1cc(Br)cc(Br)c1O. The highest BCUT2D eigenvalue weighted by Gasteiger charge is 2.06. The predicted octanol–water partition coefficient (Wildman–Crippen LogP) is 3.90. The zero-order valence-corrected chi connectivity index (χ0v) is 11.2. The molecule has 1 N–H and O–H groups in total. The van der Waals surface area contributed by atoms with E-state index in [1.54, 1.807) is 6.07 Å². The van der Waals surface area contributed by atoms with Crippen LogP contribution in [0, 0.1) is 0 Å². The van der Waals surface area contributed by atoms with Gasteiger partial charge in [0, 0.05) is 15.7 Å². The van der Waals surface area contributed by atoms with E-state index in [9.17, 15) is 5.11 Å². The first-order valence-corrected chi connectivity index (χ1v) is 5.74. The molecule has 4 heteroatoms. The lowest BCUT2D eigenvalue weighted by molar-refractivity contribution is 0.465. The Balaban J connectivity index is 3.02. The average Bonchev–Trinajstić information content (AvgIpc) is 2.08. The molecule has 0 aliphatic heterocycles. The van der Waals surface area contributed by atoms with Crippen molar-refractivity contribution in [1.29, 1.82) is 0 Å². The highest BCUT2D eigenvalue weighted by molar-refractivity contribution is 9.11. The summed E-state index contributed by atoms with van der Waals surface area (Å²) in [6.45, 7) is 4.38. The number of aliphatic imine (C=N–C) groups is 1. The molecule has 0 saturated carbocycles. The molecule has 2 nitrogen and oxygen atoms in total. The third-order valence-corrected chi connectivity index (χ3v) is 2.74. The minimum atomic E-state index is 0.262. The van der Waals surface area contributed by atoms with Gasteiger partial charge in [-0.1, -0.05) is 15.9 Å². The Hall–Kier alpha value is -0.350. The second-order valence-electron chi connectivity index (χ2n) is 3.16. The fourth-order valence-electron chi connectivity index (χ4n) is 0.983. The van der Waals surface area contributed by atoms with Crippen LogP contribution in [0.1, 0.15) is 19.4 Å². The monoisotopic (exact) mass is 319 g/mol. The van der Waals surface area contributed by atoms with E-state index < -0.39 is 0 Å². The number of halogens is 2. The van der Waals surface area contributed by atoms with Crippen LogP contribution in [0.15, 0.2) is 26.1 Å². The van der Waals surface area contributed by atoms with Crippen molar-refractivity contribution in [2.24, 2.45) is 4.99 Å². The second kappa shape index (κ2) is 4.94. The number of phenolic OH excluding ortho intramolecular Hbond substituents is 1. The standard InChI is InChI=1S/C10H11Br2NO/c1-6(2)13-5-7-3-8(11)4-9(12)10(7)14/h3-4,14H,5H2,1-2H3. The summed E-state index contributed by atoms with van der Waals surface area (Å²) in [6.07, 6.45) is 0. The van der Waals surface area contributed by atoms with Gasteiger partial charge in [0.1, 0.15) is 5.75 Å². The summed E-state index contributed by atoms with van der Waals surface area (Å²) >= 11 is 6.64. The maximum atomic E-state index is 9.70. The van der Waals surface area contributed by atoms with Gasteiger partial charge >= 0.3 is 0 Å². The molecule has 14 heavy (non-hydrogen) atoms. The van der Waals surface area contributed by atoms with E-state index in [-0.39, 0.29) is 5.75 Å². The Labute approximate surface area is 100 Å². The third kappa shape index (κ3) is 3.10. The summed E-state index contributed by atoms with van der Waals surface area (Å²) in [6, 6.07) is 3.67. The van der Waals surface area contributed by atoms with Crippen LogP contribution in [-0.4, -0.2) is 10.8 Å². The zero-order valence-electron chi connectivity index (χ0n) is 8.01. The summed E-state index contributed by atoms with van der Waals surface area (Å²) in [7, 11) is 0. The Kier molecular flexibility index (Phi) is 4.13. The highest BCUT2D eigenvalue weighted by atomic mass is 79.9. The lowest BCUT2D eigenvalue weighted by Gasteiger charge is -2.05. The molecule has 0 radical (unpaired) electrons. The van der Waals surface area contributed by atoms with Crippen molar-refractivity contribution in [3.63, 3.8) is 0 Å². The van der Waals surface area contributed by atoms with Crippen LogP contribution in [-0.2, 0) is 6.54 Å². The van der Waals surface area contributed by atoms with E-state index >= 15 is 0 Å². The fourth-order valence-corrected chi connectivity index (χ4v) is 2.30. The topological polar surface area (TPSA) is 32.6 Å². The Bertz CT molecular complexity index is 371. The van der Waals surface area contributed by atoms with Crippen molar-refractivity contribution in [3.05, 3.63) is 26.6 Å². The number of rotatable bonds is 2. The summed E-state index contributed by atoms with van der Waals surface area (Å²) < 4.78 is 1.62. The smallest absolute Gasteiger partial charge is 0.134 e. The van der Waals surface area contributed by atoms with E-state index in [2.05, 4.69) is 36.9 Å². The van der Waals surface area contributed by atoms with Crippen LogP contribution in [0.3, 0.4) is 0 Å². The van der Waals surface area contributed by atoms with Gasteiger partial charge in [0.05, 0.1) is 11.0 Å². The van der Waals surface area contributed by atoms with Crippen LogP contribution in [0.4, 0.5) is 0 Å². The van der Waals surface area contributed by atoms with Crippen molar-refractivity contribution in [2.45, 2.75) is 20.4 Å². The van der Waals surface area contributed by atoms with E-state index in [1.165, 1.54) is 0 Å². The molecule has 0 aliphatic carbocycles. The van der Waals surface area contributed by atoms with Crippen molar-refractivity contribution in [2.75, 3.05) is 0 Å². The van der Waals surface area contributed by atoms with Crippen LogP contribution in [0.2, 0.25) is 0 Å². The third-order valence-electron chi connectivity index (χ3n) is 1.67. The minimum absolute atomic E-state index is 0.262. The Morgan fingerprint density at radius 3 is 2.57 bits per heavy atom. The molecule has 0 amide bonds. The van der Waals surface area contributed by atoms with E-state index in [0.717, 1.165) is 15.7 Å². The molecule has 0 saturated heterocycles. The van der Waals surface area contributed by atoms with Gasteiger partial charge < -0.3 is 5.11 Å². The molecule has 1 aromatic carbocycles. The lowest BCUT2D eigenvalue weighted by Crippen LogP contribution is -1.88. The first-order chi connectivity index (χ1) is 6.50. The minimum Gasteiger partial charge on any atom is -0.506 e. The average molecular weight is 321 g/mol. The van der Waals surface area contributed by atoms with Gasteiger partial charge in [-0.2, -0.15) is 0 Å². The van der Waals surface area contributed by atoms with E-state index in [1.807, 2.05) is 19.9 Å². The highest BCUT2D eigenvalue weighted by Crippen LogP contribution is 2.32. The first kappa shape index (κ1) is 11.7. The predicted molar refractivity (Wildman–Crippen MR) is 66.0 cm³/mol. The molecule has 1 aromatic rings. The lowest BCUT2D eigenvalue weighted by atomic mass is 10.2. The molecule has 0 fully saturated rings. The van der Waals surface area contributed by atoms with Crippen LogP contribution in [0.5, 0.6) is 5.75 Å². The van der Waals surface area contributed by atoms with Gasteiger partial charge in [-0.05, 0) is 41.9 Å². The van der Waals surface area contributed by atoms with Gasteiger partial charge in [0.15, 0.2) is 0 Å². The molecule has 0 aromatic heterocycles. The van der Waals surface area contributed by atoms with Gasteiger partial charge in [-0.3, -0.25) is 4.99 Å². The number of aromatic hydroxyl groups is 1. The number of hydrogen-bond acceptors (Lipinski definition) is 2. The molecular weight excluding hydrogens is 310 g/mol. The maximum absolute atomic E-state index is 9.70. The van der Waals surface area contributed by atoms with Crippen LogP contribution in [0.25, 0.3) is 0 Å². The van der Waals surface area contributed by atoms with Crippen LogP contribution < -0.4 is 0 Å². The van der Waals surface area contributed by atoms with Gasteiger partial charge in [-0.15, -0.1) is 0 Å². The summed E-state index contributed by atoms with van der Waals surface area (Å²) in [5.74, 6) is 0.262. The quantitative estimate of drug-likeness (QED) is 0.824. The summed E-state index contributed by atoms with van der Waals surface area (Å²) in [4.78, 5) is 4.25. The largest absolute Gasteiger partial charge is 0.506 e. The summed E-state index contributed by atoms with van der Waals surface area (Å²) in [5.41, 5.74) is 1.81. The van der Waals surface area contributed by atoms with E-state index in [4.69, 9.17) is 0 Å². The summed E-state index contributed by atoms with van der Waals surface area (Å²) in [5, 5.41) is 9.70. The normalized spacial score (nSPS) is 10.0. The fraction of sp³-hybridized carbons (Fsp3) is 0.300. The van der Waals surface area contributed by atoms with Crippen molar-refractivity contribution < 1.29 is 5.11 Å². The van der Waals surface area contributed by atoms with Gasteiger partial charge in [0.2, 0.25) is 0 Å². The van der Waals surface area contributed by atoms with Gasteiger partial charge in [0.25, 0.3) is 0 Å². The van der Waals surface area contributed by atoms with E-state index in [0.29, 0.717) is 11.0 Å². The van der Waals surface area contributed by atoms with Crippen LogP contribution >= 0.6 is 31.9 Å². The molecule has 0 bridgehead atoms. The zero-order chi connectivity index (χ0) is 10.7. The molecule has 0 aliphatic rings. The number of hydrogen-bond donors (Lipinski definition) is 1.